The van der Waals surface area contributed by atoms with Gasteiger partial charge in [-0.15, -0.1) is 0 Å². The Kier molecular flexibility index (Phi) is 4.99. The average molecular weight is 349 g/mol. The number of nitrogens with one attached hydrogen (secondary N) is 1. The Hall–Kier alpha value is -2.28. The first-order valence-electron chi connectivity index (χ1n) is 6.18. The third kappa shape index (κ3) is 4.09. The van der Waals surface area contributed by atoms with E-state index < -0.39 is 17.9 Å². The third-order valence-electron chi connectivity index (χ3n) is 2.81. The van der Waals surface area contributed by atoms with E-state index in [1.807, 2.05) is 0 Å². The van der Waals surface area contributed by atoms with Crippen LogP contribution in [0.2, 0.25) is 0 Å². The number of halogens is 1. The molecule has 0 bridgehead atoms. The van der Waals surface area contributed by atoms with Gasteiger partial charge in [0, 0.05) is 18.8 Å². The molecule has 2 aromatic heterocycles. The Labute approximate surface area is 129 Å². The Morgan fingerprint density at radius 1 is 1.19 bits per heavy atom. The summed E-state index contributed by atoms with van der Waals surface area (Å²) in [6.45, 7) is 0. The zero-order valence-electron chi connectivity index (χ0n) is 11.0. The molecule has 1 atom stereocenters. The molecule has 6 nitrogen and oxygen atoms in total. The molecule has 0 spiro atoms. The van der Waals surface area contributed by atoms with Gasteiger partial charge in [0.1, 0.15) is 16.3 Å². The number of hydrogen-bond acceptors (Lipinski definition) is 4. The summed E-state index contributed by atoms with van der Waals surface area (Å²) in [5.41, 5.74) is 6.36. The minimum atomic E-state index is -0.833. The number of nitrogens with zero attached hydrogens (tertiary/aromatic N) is 2. The van der Waals surface area contributed by atoms with Crippen LogP contribution in [-0.2, 0) is 11.2 Å². The van der Waals surface area contributed by atoms with Gasteiger partial charge in [-0.1, -0.05) is 12.1 Å². The van der Waals surface area contributed by atoms with Crippen molar-refractivity contribution in [2.45, 2.75) is 12.5 Å². The maximum Gasteiger partial charge on any atom is 0.270 e. The van der Waals surface area contributed by atoms with Gasteiger partial charge < -0.3 is 11.1 Å². The number of carbonyl (C=O) groups excluding carboxylic acids is 2. The van der Waals surface area contributed by atoms with E-state index in [0.717, 1.165) is 5.56 Å². The molecule has 2 rings (SSSR count). The molecule has 7 heteroatoms. The monoisotopic (exact) mass is 348 g/mol. The average Bonchev–Trinajstić information content (AvgIpc) is 2.49. The van der Waals surface area contributed by atoms with Crippen LogP contribution < -0.4 is 11.1 Å². The summed E-state index contributed by atoms with van der Waals surface area (Å²) in [5.74, 6) is -1.06. The first kappa shape index (κ1) is 15.1. The van der Waals surface area contributed by atoms with Crippen LogP contribution in [0.5, 0.6) is 0 Å². The molecule has 2 amide bonds. The zero-order chi connectivity index (χ0) is 15.2. The van der Waals surface area contributed by atoms with Crippen LogP contribution in [0.25, 0.3) is 0 Å². The van der Waals surface area contributed by atoms with Crippen molar-refractivity contribution in [3.63, 3.8) is 0 Å². The lowest BCUT2D eigenvalue weighted by Crippen LogP contribution is -2.46. The molecule has 0 aromatic carbocycles. The second-order valence-electron chi connectivity index (χ2n) is 4.30. The zero-order valence-corrected chi connectivity index (χ0v) is 12.6. The fourth-order valence-corrected chi connectivity index (χ4v) is 2.16. The van der Waals surface area contributed by atoms with Crippen molar-refractivity contribution in [3.8, 4) is 0 Å². The maximum absolute atomic E-state index is 12.0. The lowest BCUT2D eigenvalue weighted by molar-refractivity contribution is -0.119. The number of pyridine rings is 2. The molecule has 3 N–H and O–H groups in total. The predicted molar refractivity (Wildman–Crippen MR) is 80.3 cm³/mol. The van der Waals surface area contributed by atoms with Crippen LogP contribution in [0.1, 0.15) is 16.1 Å². The highest BCUT2D eigenvalue weighted by atomic mass is 79.9. The van der Waals surface area contributed by atoms with Gasteiger partial charge in [-0.2, -0.15) is 0 Å². The highest BCUT2D eigenvalue weighted by Gasteiger charge is 2.21. The number of aromatic nitrogens is 2. The Morgan fingerprint density at radius 3 is 2.57 bits per heavy atom. The molecule has 0 saturated heterocycles. The van der Waals surface area contributed by atoms with Crippen molar-refractivity contribution in [1.82, 2.24) is 15.3 Å². The van der Waals surface area contributed by atoms with Crippen LogP contribution in [0.4, 0.5) is 0 Å². The lowest BCUT2D eigenvalue weighted by Gasteiger charge is -2.15. The Balaban J connectivity index is 2.12. The van der Waals surface area contributed by atoms with E-state index in [9.17, 15) is 9.59 Å². The normalized spacial score (nSPS) is 11.7. The van der Waals surface area contributed by atoms with E-state index in [1.54, 1.807) is 36.5 Å². The van der Waals surface area contributed by atoms with E-state index in [0.29, 0.717) is 4.60 Å². The van der Waals surface area contributed by atoms with Crippen molar-refractivity contribution >= 4 is 27.7 Å². The van der Waals surface area contributed by atoms with Crippen LogP contribution in [0.3, 0.4) is 0 Å². The summed E-state index contributed by atoms with van der Waals surface area (Å²) in [6, 6.07) is 7.68. The second-order valence-corrected chi connectivity index (χ2v) is 5.05. The molecule has 2 aromatic rings. The number of amides is 2. The number of nitrogens with two attached hydrogens (primary N) is 1. The van der Waals surface area contributed by atoms with Crippen LogP contribution >= 0.6 is 15.9 Å². The largest absolute Gasteiger partial charge is 0.368 e. The minimum absolute atomic E-state index is 0.231. The van der Waals surface area contributed by atoms with Crippen molar-refractivity contribution < 1.29 is 9.59 Å². The van der Waals surface area contributed by atoms with E-state index in [2.05, 4.69) is 31.2 Å². The summed E-state index contributed by atoms with van der Waals surface area (Å²) in [5, 5.41) is 2.58. The van der Waals surface area contributed by atoms with E-state index in [4.69, 9.17) is 5.73 Å². The van der Waals surface area contributed by atoms with Gasteiger partial charge >= 0.3 is 0 Å². The van der Waals surface area contributed by atoms with Gasteiger partial charge in [0.25, 0.3) is 5.91 Å². The molecular formula is C14H13BrN4O2. The molecule has 0 fully saturated rings. The first-order chi connectivity index (χ1) is 10.1. The predicted octanol–water partition coefficient (Wildman–Crippen LogP) is 1.07. The quantitative estimate of drug-likeness (QED) is 0.789. The molecule has 21 heavy (non-hydrogen) atoms. The smallest absolute Gasteiger partial charge is 0.270 e. The Morgan fingerprint density at radius 2 is 1.95 bits per heavy atom. The van der Waals surface area contributed by atoms with Gasteiger partial charge in [-0.05, 0) is 39.7 Å². The maximum atomic E-state index is 12.0. The van der Waals surface area contributed by atoms with Crippen molar-refractivity contribution in [2.75, 3.05) is 0 Å². The first-order valence-corrected chi connectivity index (χ1v) is 6.98. The highest BCUT2D eigenvalue weighted by molar-refractivity contribution is 9.10. The van der Waals surface area contributed by atoms with Gasteiger partial charge in [0.2, 0.25) is 5.91 Å². The number of carbonyl (C=O) groups is 2. The van der Waals surface area contributed by atoms with Crippen molar-refractivity contribution in [2.24, 2.45) is 5.73 Å². The molecule has 2 heterocycles. The fraction of sp³-hybridized carbons (Fsp3) is 0.143. The van der Waals surface area contributed by atoms with Gasteiger partial charge in [0.05, 0.1) is 0 Å². The van der Waals surface area contributed by atoms with Crippen LogP contribution in [0.15, 0.2) is 47.3 Å². The van der Waals surface area contributed by atoms with E-state index >= 15 is 0 Å². The molecule has 0 aliphatic heterocycles. The lowest BCUT2D eigenvalue weighted by atomic mass is 10.1. The van der Waals surface area contributed by atoms with E-state index in [1.165, 1.54) is 6.20 Å². The van der Waals surface area contributed by atoms with Gasteiger partial charge in [-0.3, -0.25) is 14.6 Å². The summed E-state index contributed by atoms with van der Waals surface area (Å²) in [4.78, 5) is 31.6. The summed E-state index contributed by atoms with van der Waals surface area (Å²) < 4.78 is 0.614. The number of primary amides is 1. The van der Waals surface area contributed by atoms with Crippen molar-refractivity contribution in [1.29, 1.82) is 0 Å². The molecule has 0 unspecified atom stereocenters. The molecular weight excluding hydrogens is 336 g/mol. The van der Waals surface area contributed by atoms with Gasteiger partial charge in [-0.25, -0.2) is 4.98 Å². The highest BCUT2D eigenvalue weighted by Crippen LogP contribution is 2.14. The van der Waals surface area contributed by atoms with Crippen molar-refractivity contribution in [3.05, 3.63) is 58.6 Å². The fourth-order valence-electron chi connectivity index (χ4n) is 1.74. The standard InChI is InChI=1S/C14H13BrN4O2/c15-12-9(4-3-7-18-12)8-11(13(16)20)19-14(21)10-5-1-2-6-17-10/h1-7,11H,8H2,(H2,16,20)(H,19,21)/t11-/m0/s1. The minimum Gasteiger partial charge on any atom is -0.368 e. The van der Waals surface area contributed by atoms with E-state index in [-0.39, 0.29) is 12.1 Å². The third-order valence-corrected chi connectivity index (χ3v) is 3.52. The Bertz CT molecular complexity index is 648. The molecule has 108 valence electrons. The summed E-state index contributed by atoms with van der Waals surface area (Å²) in [7, 11) is 0. The van der Waals surface area contributed by atoms with Gasteiger partial charge in [0.15, 0.2) is 0 Å². The molecule has 0 saturated carbocycles. The number of hydrogen-bond donors (Lipinski definition) is 2. The molecule has 0 radical (unpaired) electrons. The number of rotatable bonds is 5. The molecule has 0 aliphatic rings. The van der Waals surface area contributed by atoms with Crippen LogP contribution in [0, 0.1) is 0 Å². The van der Waals surface area contributed by atoms with Crippen LogP contribution in [-0.4, -0.2) is 27.8 Å². The topological polar surface area (TPSA) is 98.0 Å². The second kappa shape index (κ2) is 6.94. The summed E-state index contributed by atoms with van der Waals surface area (Å²) >= 11 is 3.30. The SMILES string of the molecule is NC(=O)[C@H](Cc1cccnc1Br)NC(=O)c1ccccn1. The summed E-state index contributed by atoms with van der Waals surface area (Å²) in [6.07, 6.45) is 3.38. The molecule has 0 aliphatic carbocycles.